The Morgan fingerprint density at radius 3 is 2.47 bits per heavy atom. The van der Waals surface area contributed by atoms with Gasteiger partial charge in [-0.25, -0.2) is 0 Å². The van der Waals surface area contributed by atoms with Gasteiger partial charge in [0.1, 0.15) is 5.75 Å². The highest BCUT2D eigenvalue weighted by Crippen LogP contribution is 2.33. The van der Waals surface area contributed by atoms with E-state index in [2.05, 4.69) is 15.9 Å². The molecule has 0 atom stereocenters. The number of benzene rings is 2. The summed E-state index contributed by atoms with van der Waals surface area (Å²) in [5.41, 5.74) is 0. The second kappa shape index (κ2) is 4.56. The maximum Gasteiger partial charge on any atom is 0.422 e. The maximum absolute atomic E-state index is 12.0. The summed E-state index contributed by atoms with van der Waals surface area (Å²) >= 11 is 3.26. The van der Waals surface area contributed by atoms with Gasteiger partial charge in [0.25, 0.3) is 0 Å². The Labute approximate surface area is 104 Å². The van der Waals surface area contributed by atoms with Crippen molar-refractivity contribution in [3.8, 4) is 5.75 Å². The van der Waals surface area contributed by atoms with Crippen molar-refractivity contribution in [1.29, 1.82) is 0 Å². The van der Waals surface area contributed by atoms with Crippen molar-refractivity contribution in [1.82, 2.24) is 0 Å². The zero-order chi connectivity index (χ0) is 12.5. The van der Waals surface area contributed by atoms with E-state index in [1.54, 1.807) is 6.07 Å². The predicted molar refractivity (Wildman–Crippen MR) is 63.2 cm³/mol. The first-order valence-electron chi connectivity index (χ1n) is 4.84. The first kappa shape index (κ1) is 12.2. The van der Waals surface area contributed by atoms with Crippen LogP contribution in [0.5, 0.6) is 5.75 Å². The molecular formula is C12H8BrF3O. The largest absolute Gasteiger partial charge is 0.483 e. The minimum Gasteiger partial charge on any atom is -0.483 e. The van der Waals surface area contributed by atoms with Crippen LogP contribution in [0.15, 0.2) is 40.9 Å². The fourth-order valence-corrected chi connectivity index (χ4v) is 2.09. The van der Waals surface area contributed by atoms with Crippen LogP contribution in [0.1, 0.15) is 0 Å². The summed E-state index contributed by atoms with van der Waals surface area (Å²) in [6.45, 7) is -1.29. The van der Waals surface area contributed by atoms with E-state index >= 15 is 0 Å². The molecule has 0 saturated carbocycles. The molecule has 2 rings (SSSR count). The summed E-state index contributed by atoms with van der Waals surface area (Å²) < 4.78 is 41.4. The van der Waals surface area contributed by atoms with E-state index in [4.69, 9.17) is 4.74 Å². The number of hydrogen-bond acceptors (Lipinski definition) is 1. The summed E-state index contributed by atoms with van der Waals surface area (Å²) in [5.74, 6) is 0.195. The highest BCUT2D eigenvalue weighted by atomic mass is 79.9. The van der Waals surface area contributed by atoms with E-state index in [9.17, 15) is 13.2 Å². The average molecular weight is 305 g/mol. The smallest absolute Gasteiger partial charge is 0.422 e. The third kappa shape index (κ3) is 2.91. The first-order valence-corrected chi connectivity index (χ1v) is 5.63. The number of hydrogen-bond donors (Lipinski definition) is 0. The molecule has 0 N–H and O–H groups in total. The Balaban J connectivity index is 2.33. The van der Waals surface area contributed by atoms with E-state index in [1.807, 2.05) is 24.3 Å². The molecule has 0 aromatic heterocycles. The molecule has 0 heterocycles. The van der Waals surface area contributed by atoms with Gasteiger partial charge in [-0.05, 0) is 32.8 Å². The molecule has 1 nitrogen and oxygen atoms in total. The number of rotatable bonds is 2. The Kier molecular flexibility index (Phi) is 3.28. The lowest BCUT2D eigenvalue weighted by Crippen LogP contribution is -2.19. The van der Waals surface area contributed by atoms with Crippen molar-refractivity contribution in [3.63, 3.8) is 0 Å². The maximum atomic E-state index is 12.0. The predicted octanol–water partition coefficient (Wildman–Crippen LogP) is 4.54. The molecule has 0 fully saturated rings. The van der Waals surface area contributed by atoms with Gasteiger partial charge in [0.05, 0.1) is 4.47 Å². The normalized spacial score (nSPS) is 11.8. The fourth-order valence-electron chi connectivity index (χ4n) is 1.48. The number of halogens is 4. The van der Waals surface area contributed by atoms with Gasteiger partial charge in [-0.3, -0.25) is 0 Å². The summed E-state index contributed by atoms with van der Waals surface area (Å²) in [6, 6.07) is 10.6. The van der Waals surface area contributed by atoms with Crippen LogP contribution in [0.2, 0.25) is 0 Å². The lowest BCUT2D eigenvalue weighted by atomic mass is 10.1. The third-order valence-electron chi connectivity index (χ3n) is 2.22. The van der Waals surface area contributed by atoms with Gasteiger partial charge in [-0.2, -0.15) is 13.2 Å². The van der Waals surface area contributed by atoms with Gasteiger partial charge in [0, 0.05) is 0 Å². The molecule has 0 spiro atoms. The zero-order valence-electron chi connectivity index (χ0n) is 8.59. The molecule has 0 bridgehead atoms. The molecule has 0 aliphatic heterocycles. The molecule has 5 heteroatoms. The first-order chi connectivity index (χ1) is 7.97. The van der Waals surface area contributed by atoms with Crippen molar-refractivity contribution >= 4 is 26.7 Å². The molecule has 0 radical (unpaired) electrons. The Hall–Kier alpha value is -1.23. The molecule has 17 heavy (non-hydrogen) atoms. The third-order valence-corrected chi connectivity index (χ3v) is 3.04. The van der Waals surface area contributed by atoms with E-state index in [0.717, 1.165) is 10.8 Å². The lowest BCUT2D eigenvalue weighted by Gasteiger charge is -2.12. The quantitative estimate of drug-likeness (QED) is 0.791. The molecule has 90 valence electrons. The highest BCUT2D eigenvalue weighted by Gasteiger charge is 2.28. The Morgan fingerprint density at radius 2 is 1.76 bits per heavy atom. The van der Waals surface area contributed by atoms with Gasteiger partial charge in [0.15, 0.2) is 6.61 Å². The van der Waals surface area contributed by atoms with E-state index in [0.29, 0.717) is 4.47 Å². The summed E-state index contributed by atoms with van der Waals surface area (Å²) in [4.78, 5) is 0. The van der Waals surface area contributed by atoms with Gasteiger partial charge in [-0.1, -0.05) is 30.3 Å². The van der Waals surface area contributed by atoms with Crippen LogP contribution in [0.3, 0.4) is 0 Å². The van der Waals surface area contributed by atoms with Crippen molar-refractivity contribution in [3.05, 3.63) is 40.9 Å². The van der Waals surface area contributed by atoms with Crippen LogP contribution in [0, 0.1) is 0 Å². The van der Waals surface area contributed by atoms with Crippen LogP contribution in [0.25, 0.3) is 10.8 Å². The summed E-state index contributed by atoms with van der Waals surface area (Å²) in [7, 11) is 0. The van der Waals surface area contributed by atoms with Crippen LogP contribution in [-0.2, 0) is 0 Å². The van der Waals surface area contributed by atoms with Gasteiger partial charge < -0.3 is 4.74 Å². The van der Waals surface area contributed by atoms with Crippen molar-refractivity contribution in [2.45, 2.75) is 6.18 Å². The second-order valence-electron chi connectivity index (χ2n) is 3.50. The van der Waals surface area contributed by atoms with Crippen LogP contribution in [-0.4, -0.2) is 12.8 Å². The molecule has 0 saturated heterocycles. The number of ether oxygens (including phenoxy) is 1. The van der Waals surface area contributed by atoms with Gasteiger partial charge in [0.2, 0.25) is 0 Å². The van der Waals surface area contributed by atoms with E-state index < -0.39 is 12.8 Å². The van der Waals surface area contributed by atoms with Gasteiger partial charge in [-0.15, -0.1) is 0 Å². The lowest BCUT2D eigenvalue weighted by molar-refractivity contribution is -0.153. The average Bonchev–Trinajstić information content (AvgIpc) is 2.27. The standard InChI is InChI=1S/C12H8BrF3O/c13-11-9-4-2-1-3-8(9)5-6-10(11)17-7-12(14,15)16/h1-6H,7H2. The molecular weight excluding hydrogens is 297 g/mol. The molecule has 0 amide bonds. The van der Waals surface area contributed by atoms with E-state index in [1.165, 1.54) is 6.07 Å². The summed E-state index contributed by atoms with van der Waals surface area (Å²) in [6.07, 6.45) is -4.33. The van der Waals surface area contributed by atoms with E-state index in [-0.39, 0.29) is 5.75 Å². The number of fused-ring (bicyclic) bond motifs is 1. The van der Waals surface area contributed by atoms with Crippen molar-refractivity contribution < 1.29 is 17.9 Å². The Morgan fingerprint density at radius 1 is 1.06 bits per heavy atom. The van der Waals surface area contributed by atoms with Gasteiger partial charge >= 0.3 is 6.18 Å². The van der Waals surface area contributed by atoms with Crippen molar-refractivity contribution in [2.75, 3.05) is 6.61 Å². The molecule has 0 aliphatic carbocycles. The number of alkyl halides is 3. The fraction of sp³-hybridized carbons (Fsp3) is 0.167. The van der Waals surface area contributed by atoms with Crippen LogP contribution in [0.4, 0.5) is 13.2 Å². The SMILES string of the molecule is FC(F)(F)COc1ccc2ccccc2c1Br. The highest BCUT2D eigenvalue weighted by molar-refractivity contribution is 9.10. The van der Waals surface area contributed by atoms with Crippen molar-refractivity contribution in [2.24, 2.45) is 0 Å². The monoisotopic (exact) mass is 304 g/mol. The molecule has 0 aliphatic rings. The molecule has 0 unspecified atom stereocenters. The molecule has 2 aromatic carbocycles. The minimum absolute atomic E-state index is 0.195. The topological polar surface area (TPSA) is 9.23 Å². The van der Waals surface area contributed by atoms with Crippen LogP contribution >= 0.6 is 15.9 Å². The minimum atomic E-state index is -4.33. The Bertz CT molecular complexity index is 537. The zero-order valence-corrected chi connectivity index (χ0v) is 10.2. The molecule has 2 aromatic rings. The summed E-state index contributed by atoms with van der Waals surface area (Å²) in [5, 5.41) is 1.77. The van der Waals surface area contributed by atoms with Crippen LogP contribution < -0.4 is 4.74 Å². The second-order valence-corrected chi connectivity index (χ2v) is 4.30.